The van der Waals surface area contributed by atoms with Crippen molar-refractivity contribution >= 4 is 11.3 Å². The van der Waals surface area contributed by atoms with Crippen LogP contribution in [0.3, 0.4) is 0 Å². The molecule has 2 heterocycles. The third kappa shape index (κ3) is 2.83. The molecule has 0 amide bonds. The highest BCUT2D eigenvalue weighted by Gasteiger charge is 2.29. The average molecular weight is 355 g/mol. The molecule has 3 aromatic rings. The minimum atomic E-state index is -1.18. The van der Waals surface area contributed by atoms with Crippen LogP contribution < -0.4 is 14.2 Å². The second-order valence-corrected chi connectivity index (χ2v) is 6.76. The van der Waals surface area contributed by atoms with Gasteiger partial charge in [-0.2, -0.15) is 0 Å². The molecule has 0 aliphatic carbocycles. The van der Waals surface area contributed by atoms with Crippen molar-refractivity contribution in [1.82, 2.24) is 4.98 Å². The van der Waals surface area contributed by atoms with Crippen LogP contribution in [0.25, 0.3) is 11.3 Å². The molecule has 1 aliphatic rings. The normalized spacial score (nSPS) is 15.0. The highest BCUT2D eigenvalue weighted by Crippen LogP contribution is 2.38. The highest BCUT2D eigenvalue weighted by atomic mass is 32.1. The number of aromatic nitrogens is 1. The van der Waals surface area contributed by atoms with Crippen molar-refractivity contribution in [3.05, 3.63) is 58.4 Å². The summed E-state index contributed by atoms with van der Waals surface area (Å²) in [6.07, 6.45) is 0. The van der Waals surface area contributed by atoms with Crippen LogP contribution in [0.5, 0.6) is 17.2 Å². The predicted octanol–water partition coefficient (Wildman–Crippen LogP) is 3.80. The molecular weight excluding hydrogens is 338 g/mol. The van der Waals surface area contributed by atoms with E-state index in [-0.39, 0.29) is 6.79 Å². The fourth-order valence-corrected chi connectivity index (χ4v) is 3.64. The Morgan fingerprint density at radius 3 is 2.64 bits per heavy atom. The van der Waals surface area contributed by atoms with Gasteiger partial charge in [-0.15, -0.1) is 11.3 Å². The van der Waals surface area contributed by atoms with Crippen LogP contribution in [0.1, 0.15) is 17.5 Å². The first kappa shape index (κ1) is 15.9. The lowest BCUT2D eigenvalue weighted by Gasteiger charge is -2.21. The van der Waals surface area contributed by atoms with Crippen LogP contribution in [0, 0.1) is 0 Å². The van der Waals surface area contributed by atoms with E-state index < -0.39 is 5.60 Å². The molecule has 25 heavy (non-hydrogen) atoms. The number of methoxy groups -OCH3 is 1. The number of benzene rings is 2. The van der Waals surface area contributed by atoms with Gasteiger partial charge in [0, 0.05) is 10.9 Å². The molecule has 0 saturated carbocycles. The molecule has 1 unspecified atom stereocenters. The van der Waals surface area contributed by atoms with Crippen molar-refractivity contribution in [2.75, 3.05) is 13.9 Å². The van der Waals surface area contributed by atoms with Gasteiger partial charge in [-0.3, -0.25) is 0 Å². The molecule has 0 spiro atoms. The monoisotopic (exact) mass is 355 g/mol. The summed E-state index contributed by atoms with van der Waals surface area (Å²) >= 11 is 1.42. The van der Waals surface area contributed by atoms with Crippen molar-refractivity contribution in [3.63, 3.8) is 0 Å². The molecule has 2 aromatic carbocycles. The number of hydrogen-bond donors (Lipinski definition) is 1. The fourth-order valence-electron chi connectivity index (χ4n) is 2.72. The lowest BCUT2D eigenvalue weighted by Crippen LogP contribution is -2.22. The van der Waals surface area contributed by atoms with Crippen LogP contribution in [0.2, 0.25) is 0 Å². The van der Waals surface area contributed by atoms with Crippen LogP contribution in [-0.2, 0) is 5.60 Å². The Bertz CT molecular complexity index is 902. The van der Waals surface area contributed by atoms with Crippen molar-refractivity contribution in [2.24, 2.45) is 0 Å². The van der Waals surface area contributed by atoms with Crippen molar-refractivity contribution < 1.29 is 19.3 Å². The zero-order valence-corrected chi connectivity index (χ0v) is 14.7. The topological polar surface area (TPSA) is 60.8 Å². The summed E-state index contributed by atoms with van der Waals surface area (Å²) in [5, 5.41) is 13.6. The summed E-state index contributed by atoms with van der Waals surface area (Å²) in [6, 6.07) is 13.1. The molecule has 128 valence electrons. The molecule has 4 rings (SSSR count). The average Bonchev–Trinajstić information content (AvgIpc) is 3.30. The Kier molecular flexibility index (Phi) is 3.86. The second kappa shape index (κ2) is 6.06. The van der Waals surface area contributed by atoms with Gasteiger partial charge in [0.15, 0.2) is 11.5 Å². The number of thiazole rings is 1. The quantitative estimate of drug-likeness (QED) is 0.771. The maximum atomic E-state index is 11.0. The first-order valence-electron chi connectivity index (χ1n) is 7.81. The zero-order valence-electron chi connectivity index (χ0n) is 13.9. The molecule has 6 heteroatoms. The summed E-state index contributed by atoms with van der Waals surface area (Å²) < 4.78 is 15.9. The zero-order chi connectivity index (χ0) is 17.4. The fraction of sp³-hybridized carbons (Fsp3) is 0.211. The number of aliphatic hydroxyl groups is 1. The van der Waals surface area contributed by atoms with Gasteiger partial charge < -0.3 is 19.3 Å². The standard InChI is InChI=1S/C19H17NO4S/c1-19(21,13-4-6-14(22-2)7-5-13)18-20-15(10-25-18)12-3-8-16-17(9-12)24-11-23-16/h3-10,21H,11H2,1-2H3. The second-order valence-electron chi connectivity index (χ2n) is 5.91. The Labute approximate surface area is 149 Å². The SMILES string of the molecule is COc1ccc(C(C)(O)c2nc(-c3ccc4c(c3)OCO4)cs2)cc1. The van der Waals surface area contributed by atoms with Crippen molar-refractivity contribution in [3.8, 4) is 28.5 Å². The van der Waals surface area contributed by atoms with Crippen LogP contribution in [0.4, 0.5) is 0 Å². The van der Waals surface area contributed by atoms with Gasteiger partial charge in [0.1, 0.15) is 16.4 Å². The molecule has 0 saturated heterocycles. The number of rotatable bonds is 4. The summed E-state index contributed by atoms with van der Waals surface area (Å²) in [5.74, 6) is 2.21. The summed E-state index contributed by atoms with van der Waals surface area (Å²) in [7, 11) is 1.62. The first-order valence-corrected chi connectivity index (χ1v) is 8.69. The van der Waals surface area contributed by atoms with E-state index in [9.17, 15) is 5.11 Å². The molecular formula is C19H17NO4S. The predicted molar refractivity (Wildman–Crippen MR) is 95.3 cm³/mol. The molecule has 0 fully saturated rings. The van der Waals surface area contributed by atoms with E-state index in [0.29, 0.717) is 10.8 Å². The number of ether oxygens (including phenoxy) is 3. The largest absolute Gasteiger partial charge is 0.497 e. The Hall–Kier alpha value is -2.57. The summed E-state index contributed by atoms with van der Waals surface area (Å²) in [6.45, 7) is 1.99. The van der Waals surface area contributed by atoms with E-state index in [0.717, 1.165) is 28.3 Å². The van der Waals surface area contributed by atoms with Gasteiger partial charge in [0.25, 0.3) is 0 Å². The number of hydrogen-bond acceptors (Lipinski definition) is 6. The van der Waals surface area contributed by atoms with Gasteiger partial charge in [-0.1, -0.05) is 12.1 Å². The molecule has 0 bridgehead atoms. The van der Waals surface area contributed by atoms with E-state index in [2.05, 4.69) is 4.98 Å². The third-order valence-corrected chi connectivity index (χ3v) is 5.29. The van der Waals surface area contributed by atoms with Crippen LogP contribution in [0.15, 0.2) is 47.8 Å². The van der Waals surface area contributed by atoms with E-state index in [1.807, 2.05) is 47.8 Å². The van der Waals surface area contributed by atoms with E-state index in [1.165, 1.54) is 11.3 Å². The van der Waals surface area contributed by atoms with Gasteiger partial charge in [0.2, 0.25) is 6.79 Å². The van der Waals surface area contributed by atoms with Crippen LogP contribution in [-0.4, -0.2) is 24.0 Å². The summed E-state index contributed by atoms with van der Waals surface area (Å²) in [4.78, 5) is 4.64. The maximum Gasteiger partial charge on any atom is 0.231 e. The molecule has 5 nitrogen and oxygen atoms in total. The lowest BCUT2D eigenvalue weighted by atomic mass is 9.96. The third-order valence-electron chi connectivity index (χ3n) is 4.24. The number of fused-ring (bicyclic) bond motifs is 1. The molecule has 1 atom stereocenters. The van der Waals surface area contributed by atoms with E-state index in [4.69, 9.17) is 14.2 Å². The smallest absolute Gasteiger partial charge is 0.231 e. The minimum Gasteiger partial charge on any atom is -0.497 e. The van der Waals surface area contributed by atoms with Gasteiger partial charge in [-0.05, 0) is 42.8 Å². The van der Waals surface area contributed by atoms with Gasteiger partial charge in [0.05, 0.1) is 12.8 Å². The van der Waals surface area contributed by atoms with Crippen LogP contribution >= 0.6 is 11.3 Å². The highest BCUT2D eigenvalue weighted by molar-refractivity contribution is 7.10. The first-order chi connectivity index (χ1) is 12.1. The van der Waals surface area contributed by atoms with Gasteiger partial charge >= 0.3 is 0 Å². The minimum absolute atomic E-state index is 0.243. The maximum absolute atomic E-state index is 11.0. The molecule has 1 aliphatic heterocycles. The lowest BCUT2D eigenvalue weighted by molar-refractivity contribution is 0.102. The molecule has 0 radical (unpaired) electrons. The van der Waals surface area contributed by atoms with E-state index >= 15 is 0 Å². The van der Waals surface area contributed by atoms with Gasteiger partial charge in [-0.25, -0.2) is 4.98 Å². The Morgan fingerprint density at radius 2 is 1.88 bits per heavy atom. The van der Waals surface area contributed by atoms with Crippen molar-refractivity contribution in [2.45, 2.75) is 12.5 Å². The summed E-state index contributed by atoms with van der Waals surface area (Å²) in [5.41, 5.74) is 1.31. The molecule has 1 N–H and O–H groups in total. The number of nitrogens with zero attached hydrogens (tertiary/aromatic N) is 1. The Morgan fingerprint density at radius 1 is 1.12 bits per heavy atom. The molecule has 1 aromatic heterocycles. The Balaban J connectivity index is 1.65. The van der Waals surface area contributed by atoms with E-state index in [1.54, 1.807) is 14.0 Å². The van der Waals surface area contributed by atoms with Crippen molar-refractivity contribution in [1.29, 1.82) is 0 Å².